The number of nitrogens with zero attached hydrogens (tertiary/aromatic N) is 5. The smallest absolute Gasteiger partial charge is 0.205 e. The van der Waals surface area contributed by atoms with E-state index in [1.54, 1.807) is 23.5 Å². The van der Waals surface area contributed by atoms with Crippen molar-refractivity contribution in [2.24, 2.45) is 0 Å². The topological polar surface area (TPSA) is 72.0 Å². The van der Waals surface area contributed by atoms with Crippen molar-refractivity contribution in [3.05, 3.63) is 84.4 Å². The molecule has 9 heteroatoms. The Kier molecular flexibility index (Phi) is 6.01. The fraction of sp³-hybridized carbons (Fsp3) is 0.143. The number of carbonyl (C=O) groups excluding carboxylic acids is 2. The number of halogens is 2. The van der Waals surface area contributed by atoms with Crippen LogP contribution in [-0.2, 0) is 0 Å². The maximum atomic E-state index is 13.4. The molecule has 0 aliphatic carbocycles. The molecule has 0 atom stereocenters. The molecule has 0 unspecified atom stereocenters. The molecule has 4 heterocycles. The van der Waals surface area contributed by atoms with Crippen molar-refractivity contribution < 1.29 is 18.4 Å². The zero-order valence-electron chi connectivity index (χ0n) is 16.6. The van der Waals surface area contributed by atoms with E-state index in [1.807, 2.05) is 14.1 Å². The number of carbonyl (C=O) groups is 2. The summed E-state index contributed by atoms with van der Waals surface area (Å²) >= 11 is 0. The molecule has 0 saturated heterocycles. The number of Topliss-reactive ketones (excluding diaryl/α,β-unsaturated/α-hetero) is 1. The third-order valence-electron chi connectivity index (χ3n) is 4.11. The first-order valence-electron chi connectivity index (χ1n) is 8.92. The monoisotopic (exact) mass is 411 g/mol. The molecule has 0 radical (unpaired) electrons. The van der Waals surface area contributed by atoms with Gasteiger partial charge in [-0.1, -0.05) is 0 Å². The lowest BCUT2D eigenvalue weighted by Gasteiger charge is -2.02. The lowest BCUT2D eigenvalue weighted by molar-refractivity contribution is 0.101. The molecule has 0 fully saturated rings. The van der Waals surface area contributed by atoms with Crippen LogP contribution in [0.15, 0.2) is 61.3 Å². The minimum Gasteiger partial charge on any atom is -0.383 e. The molecule has 0 N–H and O–H groups in total. The number of hydrogen-bond donors (Lipinski definition) is 0. The highest BCUT2D eigenvalue weighted by molar-refractivity contribution is 6.03. The van der Waals surface area contributed by atoms with E-state index in [1.165, 1.54) is 58.5 Å². The molecule has 7 nitrogen and oxygen atoms in total. The normalized spacial score (nSPS) is 11.0. The number of rotatable bonds is 4. The number of aromatic nitrogens is 4. The van der Waals surface area contributed by atoms with Crippen LogP contribution in [0.25, 0.3) is 11.3 Å². The van der Waals surface area contributed by atoms with E-state index in [4.69, 9.17) is 0 Å². The zero-order valence-corrected chi connectivity index (χ0v) is 16.6. The zero-order chi connectivity index (χ0) is 21.8. The Labute approximate surface area is 170 Å². The maximum absolute atomic E-state index is 13.4. The molecule has 30 heavy (non-hydrogen) atoms. The van der Waals surface area contributed by atoms with Crippen molar-refractivity contribution in [2.45, 2.75) is 6.92 Å². The fourth-order valence-corrected chi connectivity index (χ4v) is 2.70. The summed E-state index contributed by atoms with van der Waals surface area (Å²) in [7, 11) is 3.63. The van der Waals surface area contributed by atoms with Crippen LogP contribution in [0.4, 0.5) is 8.78 Å². The Bertz CT molecular complexity index is 1260. The van der Waals surface area contributed by atoms with Gasteiger partial charge in [-0.25, -0.2) is 18.7 Å². The number of imidazole rings is 2. The largest absolute Gasteiger partial charge is 0.383 e. The number of pyridine rings is 2. The molecule has 4 rings (SSSR count). The second-order valence-electron chi connectivity index (χ2n) is 6.59. The van der Waals surface area contributed by atoms with Crippen LogP contribution >= 0.6 is 0 Å². The molecule has 0 spiro atoms. The van der Waals surface area contributed by atoms with E-state index in [9.17, 15) is 18.4 Å². The first kappa shape index (κ1) is 20.8. The van der Waals surface area contributed by atoms with Crippen molar-refractivity contribution >= 4 is 22.9 Å². The Morgan fingerprint density at radius 2 is 1.43 bits per heavy atom. The van der Waals surface area contributed by atoms with Crippen LogP contribution < -0.4 is 0 Å². The molecule has 0 aliphatic heterocycles. The average molecular weight is 411 g/mol. The number of ketones is 2. The standard InChI is InChI=1S/C12H12FN3O.C9H7FN2O/c1-15(2)7-5-11(17)10-8-14-12-9(13)4-3-6-16(10)12;1-6(13)8-5-11-9-7(10)3-2-4-12(8)9/h3-8H,1-2H3;2-5H,1H3/b7-5+;. The predicted octanol–water partition coefficient (Wildman–Crippen LogP) is 3.41. The van der Waals surface area contributed by atoms with Crippen molar-refractivity contribution in [1.29, 1.82) is 0 Å². The molecule has 154 valence electrons. The van der Waals surface area contributed by atoms with Gasteiger partial charge in [-0.05, 0) is 24.3 Å². The van der Waals surface area contributed by atoms with E-state index in [2.05, 4.69) is 9.97 Å². The summed E-state index contributed by atoms with van der Waals surface area (Å²) in [5.74, 6) is -1.20. The fourth-order valence-electron chi connectivity index (χ4n) is 2.70. The van der Waals surface area contributed by atoms with Gasteiger partial charge in [0.05, 0.1) is 12.4 Å². The van der Waals surface area contributed by atoms with E-state index < -0.39 is 11.6 Å². The van der Waals surface area contributed by atoms with Crippen molar-refractivity contribution in [3.8, 4) is 0 Å². The predicted molar refractivity (Wildman–Crippen MR) is 107 cm³/mol. The number of fused-ring (bicyclic) bond motifs is 2. The van der Waals surface area contributed by atoms with E-state index in [-0.39, 0.29) is 22.9 Å². The third-order valence-corrected chi connectivity index (χ3v) is 4.11. The second kappa shape index (κ2) is 8.64. The second-order valence-corrected chi connectivity index (χ2v) is 6.59. The molecule has 0 bridgehead atoms. The molecule has 0 amide bonds. The van der Waals surface area contributed by atoms with Gasteiger partial charge in [0.1, 0.15) is 11.4 Å². The Hall–Kier alpha value is -3.88. The summed E-state index contributed by atoms with van der Waals surface area (Å²) in [6.45, 7) is 1.42. The molecular weight excluding hydrogens is 392 g/mol. The summed E-state index contributed by atoms with van der Waals surface area (Å²) in [5.41, 5.74) is 1.09. The molecule has 0 saturated carbocycles. The van der Waals surface area contributed by atoms with Gasteiger partial charge in [0.15, 0.2) is 28.7 Å². The highest BCUT2D eigenvalue weighted by Crippen LogP contribution is 2.12. The van der Waals surface area contributed by atoms with Gasteiger partial charge in [0, 0.05) is 45.7 Å². The quantitative estimate of drug-likeness (QED) is 0.380. The summed E-state index contributed by atoms with van der Waals surface area (Å²) in [6.07, 6.45) is 9.04. The van der Waals surface area contributed by atoms with Crippen LogP contribution in [0.5, 0.6) is 0 Å². The summed E-state index contributed by atoms with van der Waals surface area (Å²) in [5, 5.41) is 0. The van der Waals surface area contributed by atoms with Gasteiger partial charge in [0.2, 0.25) is 5.78 Å². The molecule has 0 aliphatic rings. The average Bonchev–Trinajstić information content (AvgIpc) is 3.32. The van der Waals surface area contributed by atoms with Gasteiger partial charge >= 0.3 is 0 Å². The van der Waals surface area contributed by atoms with Gasteiger partial charge in [-0.15, -0.1) is 0 Å². The van der Waals surface area contributed by atoms with Crippen molar-refractivity contribution in [1.82, 2.24) is 23.7 Å². The first-order chi connectivity index (χ1) is 14.3. The minimum absolute atomic E-state index is 0.127. The van der Waals surface area contributed by atoms with Gasteiger partial charge in [-0.2, -0.15) is 0 Å². The Morgan fingerprint density at radius 3 is 1.93 bits per heavy atom. The van der Waals surface area contributed by atoms with Gasteiger partial charge in [0.25, 0.3) is 0 Å². The van der Waals surface area contributed by atoms with Crippen molar-refractivity contribution in [3.63, 3.8) is 0 Å². The van der Waals surface area contributed by atoms with Crippen LogP contribution in [0.3, 0.4) is 0 Å². The van der Waals surface area contributed by atoms with Gasteiger partial charge in [-0.3, -0.25) is 18.4 Å². The van der Waals surface area contributed by atoms with Crippen LogP contribution in [-0.4, -0.2) is 49.3 Å². The highest BCUT2D eigenvalue weighted by Gasteiger charge is 2.11. The molecule has 4 aromatic rings. The Morgan fingerprint density at radius 1 is 0.933 bits per heavy atom. The minimum atomic E-state index is -0.442. The molecular formula is C21H19F2N5O2. The third kappa shape index (κ3) is 4.24. The summed E-state index contributed by atoms with van der Waals surface area (Å²) < 4.78 is 29.3. The van der Waals surface area contributed by atoms with Crippen LogP contribution in [0.2, 0.25) is 0 Å². The summed E-state index contributed by atoms with van der Waals surface area (Å²) in [4.78, 5) is 32.3. The lowest BCUT2D eigenvalue weighted by atomic mass is 10.3. The number of hydrogen-bond acceptors (Lipinski definition) is 5. The Balaban J connectivity index is 0.000000177. The SMILES string of the molecule is CC(=O)c1cnc2c(F)cccn12.CN(C)/C=C/C(=O)c1cnc2c(F)cccn12. The number of allylic oxidation sites excluding steroid dienone is 1. The summed E-state index contributed by atoms with van der Waals surface area (Å²) in [6, 6.07) is 5.70. The lowest BCUT2D eigenvalue weighted by Crippen LogP contribution is -2.05. The first-order valence-corrected chi connectivity index (χ1v) is 8.92. The van der Waals surface area contributed by atoms with Crippen LogP contribution in [0, 0.1) is 11.6 Å². The van der Waals surface area contributed by atoms with E-state index in [0.29, 0.717) is 11.4 Å². The van der Waals surface area contributed by atoms with Gasteiger partial charge < -0.3 is 4.90 Å². The highest BCUT2D eigenvalue weighted by atomic mass is 19.1. The molecule has 4 aromatic heterocycles. The molecule has 0 aromatic carbocycles. The van der Waals surface area contributed by atoms with E-state index >= 15 is 0 Å². The maximum Gasteiger partial charge on any atom is 0.205 e. The van der Waals surface area contributed by atoms with Crippen molar-refractivity contribution in [2.75, 3.05) is 14.1 Å². The van der Waals surface area contributed by atoms with Crippen LogP contribution in [0.1, 0.15) is 27.9 Å². The van der Waals surface area contributed by atoms with E-state index in [0.717, 1.165) is 0 Å².